The van der Waals surface area contributed by atoms with Crippen LogP contribution in [0.5, 0.6) is 0 Å². The van der Waals surface area contributed by atoms with Crippen molar-refractivity contribution in [3.63, 3.8) is 0 Å². The van der Waals surface area contributed by atoms with Gasteiger partial charge in [-0.3, -0.25) is 4.79 Å². The van der Waals surface area contributed by atoms with Crippen molar-refractivity contribution in [1.29, 1.82) is 0 Å². The smallest absolute Gasteiger partial charge is 0.135 e. The van der Waals surface area contributed by atoms with Crippen molar-refractivity contribution in [1.82, 2.24) is 0 Å². The Bertz CT molecular complexity index is 221. The highest BCUT2D eigenvalue weighted by Gasteiger charge is 2.37. The van der Waals surface area contributed by atoms with Gasteiger partial charge in [0.15, 0.2) is 0 Å². The Labute approximate surface area is 99.0 Å². The van der Waals surface area contributed by atoms with Gasteiger partial charge in [0.1, 0.15) is 5.78 Å². The predicted octanol–water partition coefficient (Wildman–Crippen LogP) is 0.484. The minimum absolute atomic E-state index is 0.0103. The molecule has 0 amide bonds. The van der Waals surface area contributed by atoms with Gasteiger partial charge >= 0.3 is 0 Å². The van der Waals surface area contributed by atoms with Crippen LogP contribution in [0.4, 0.5) is 0 Å². The van der Waals surface area contributed by atoms with Crippen molar-refractivity contribution < 1.29 is 18.1 Å². The first-order valence-electron chi connectivity index (χ1n) is 5.05. The minimum Gasteiger partial charge on any atom is -0.757 e. The third kappa shape index (κ3) is 3.02. The van der Waals surface area contributed by atoms with Crippen LogP contribution in [0, 0.1) is 5.92 Å². The van der Waals surface area contributed by atoms with E-state index in [1.165, 1.54) is 0 Å². The van der Waals surface area contributed by atoms with Crippen LogP contribution in [0.25, 0.3) is 0 Å². The van der Waals surface area contributed by atoms with Crippen LogP contribution in [0.2, 0.25) is 0 Å². The fourth-order valence-corrected chi connectivity index (χ4v) is 2.47. The molecule has 1 rings (SSSR count). The summed E-state index contributed by atoms with van der Waals surface area (Å²) in [5, 5.41) is 0. The molecule has 0 bridgehead atoms. The van der Waals surface area contributed by atoms with Gasteiger partial charge in [-0.25, -0.2) is 0 Å². The molecule has 85 valence electrons. The summed E-state index contributed by atoms with van der Waals surface area (Å²) in [7, 11) is 3.31. The van der Waals surface area contributed by atoms with Crippen LogP contribution in [-0.2, 0) is 18.1 Å². The molecule has 0 aromatic rings. The van der Waals surface area contributed by atoms with E-state index in [2.05, 4.69) is 16.6 Å². The van der Waals surface area contributed by atoms with E-state index in [9.17, 15) is 4.79 Å². The molecule has 1 fully saturated rings. The second-order valence-corrected chi connectivity index (χ2v) is 4.18. The number of hydrogen-bond acceptors (Lipinski definition) is 4. The standard InChI is InChI=1S/C10H17O4.Al/c1-6(11)7-4-9(13-2)10(14-3)5-8(7)12;/h7-10H,4-5H2,1-3H3;/q-1;. The Balaban J connectivity index is 2.72. The van der Waals surface area contributed by atoms with E-state index in [1.807, 2.05) is 0 Å². The lowest BCUT2D eigenvalue weighted by atomic mass is 9.80. The molecule has 3 radical (unpaired) electrons. The maximum atomic E-state index is 11.4. The van der Waals surface area contributed by atoms with Gasteiger partial charge in [-0.1, -0.05) is 0 Å². The molecule has 0 N–H and O–H groups in total. The minimum atomic E-state index is -0.0844. The van der Waals surface area contributed by atoms with Crippen molar-refractivity contribution in [3.8, 4) is 0 Å². The van der Waals surface area contributed by atoms with Crippen molar-refractivity contribution in [2.24, 2.45) is 5.92 Å². The number of carbonyl (C=O) groups is 1. The van der Waals surface area contributed by atoms with Gasteiger partial charge in [-0.15, -0.1) is 0 Å². The molecular formula is C10H17AlO4-. The van der Waals surface area contributed by atoms with Crippen LogP contribution in [0.1, 0.15) is 19.8 Å². The first-order chi connectivity index (χ1) is 7.13. The van der Waals surface area contributed by atoms with Crippen LogP contribution >= 0.6 is 0 Å². The molecular weight excluding hydrogens is 211 g/mol. The van der Waals surface area contributed by atoms with Crippen molar-refractivity contribution in [3.05, 3.63) is 0 Å². The molecule has 1 aliphatic carbocycles. The first kappa shape index (κ1) is 13.1. The van der Waals surface area contributed by atoms with Crippen LogP contribution in [0.3, 0.4) is 0 Å². The monoisotopic (exact) mass is 228 g/mol. The van der Waals surface area contributed by atoms with E-state index < -0.39 is 0 Å². The Morgan fingerprint density at radius 2 is 1.67 bits per heavy atom. The van der Waals surface area contributed by atoms with Gasteiger partial charge in [-0.2, -0.15) is 0 Å². The SMILES string of the molecule is COC1CC([O][Al-])C(C(C)=O)CC1OC. The van der Waals surface area contributed by atoms with Crippen LogP contribution in [0.15, 0.2) is 0 Å². The maximum Gasteiger partial charge on any atom is 0.135 e. The topological polar surface area (TPSA) is 44.8 Å². The third-order valence-corrected chi connectivity index (χ3v) is 3.47. The second-order valence-electron chi connectivity index (χ2n) is 3.91. The summed E-state index contributed by atoms with van der Waals surface area (Å²) in [6, 6.07) is 0. The van der Waals surface area contributed by atoms with E-state index in [0.717, 1.165) is 0 Å². The Morgan fingerprint density at radius 3 is 2.07 bits per heavy atom. The number of ketones is 1. The zero-order valence-corrected chi connectivity index (χ0v) is 10.6. The van der Waals surface area contributed by atoms with Gasteiger partial charge in [0.05, 0.1) is 12.2 Å². The average molecular weight is 228 g/mol. The third-order valence-electron chi connectivity index (χ3n) is 3.12. The zero-order valence-electron chi connectivity index (χ0n) is 9.43. The van der Waals surface area contributed by atoms with Crippen molar-refractivity contribution in [2.75, 3.05) is 14.2 Å². The van der Waals surface area contributed by atoms with E-state index in [1.54, 1.807) is 21.1 Å². The number of rotatable bonds is 4. The maximum absolute atomic E-state index is 11.4. The molecule has 0 saturated heterocycles. The lowest BCUT2D eigenvalue weighted by molar-refractivity contribution is -0.136. The van der Waals surface area contributed by atoms with Gasteiger partial charge in [0.25, 0.3) is 0 Å². The normalized spacial score (nSPS) is 36.5. The molecule has 0 aromatic heterocycles. The molecule has 0 aliphatic heterocycles. The largest absolute Gasteiger partial charge is 0.757 e. The highest BCUT2D eigenvalue weighted by molar-refractivity contribution is 5.98. The summed E-state index contributed by atoms with van der Waals surface area (Å²) in [5.41, 5.74) is 0. The first-order valence-corrected chi connectivity index (χ1v) is 5.52. The highest BCUT2D eigenvalue weighted by atomic mass is 27.1. The molecule has 15 heavy (non-hydrogen) atoms. The van der Waals surface area contributed by atoms with Crippen molar-refractivity contribution >= 4 is 22.4 Å². The molecule has 4 atom stereocenters. The van der Waals surface area contributed by atoms with Crippen LogP contribution in [-0.4, -0.2) is 54.9 Å². The Hall–Kier alpha value is 0.0825. The summed E-state index contributed by atoms with van der Waals surface area (Å²) in [5.74, 6) is 0.0675. The van der Waals surface area contributed by atoms with Gasteiger partial charge < -0.3 is 29.9 Å². The molecule has 4 unspecified atom stereocenters. The summed E-state index contributed by atoms with van der Waals surface area (Å²) >= 11 is 2.23. The quantitative estimate of drug-likeness (QED) is 0.657. The molecule has 5 heteroatoms. The van der Waals surface area contributed by atoms with E-state index in [4.69, 9.17) is 13.3 Å². The van der Waals surface area contributed by atoms with E-state index in [0.29, 0.717) is 12.8 Å². The molecule has 4 nitrogen and oxygen atoms in total. The Morgan fingerprint density at radius 1 is 1.13 bits per heavy atom. The summed E-state index contributed by atoms with van der Waals surface area (Å²) in [6.45, 7) is 1.60. The lowest BCUT2D eigenvalue weighted by Gasteiger charge is -2.43. The average Bonchev–Trinajstić information content (AvgIpc) is 2.26. The van der Waals surface area contributed by atoms with Gasteiger partial charge in [0, 0.05) is 26.2 Å². The fourth-order valence-electron chi connectivity index (χ4n) is 2.17. The molecule has 0 aromatic carbocycles. The number of Topliss-reactive ketones (excluding diaryl/α,β-unsaturated/α-hetero) is 1. The predicted molar refractivity (Wildman–Crippen MR) is 55.6 cm³/mol. The number of methoxy groups -OCH3 is 2. The molecule has 1 saturated carbocycles. The fraction of sp³-hybridized carbons (Fsp3) is 0.900. The van der Waals surface area contributed by atoms with E-state index in [-0.39, 0.29) is 30.0 Å². The second kappa shape index (κ2) is 5.98. The number of carbonyl (C=O) groups excluding carboxylic acids is 1. The summed E-state index contributed by atoms with van der Waals surface area (Å²) in [4.78, 5) is 11.4. The van der Waals surface area contributed by atoms with Gasteiger partial charge in [-0.05, 0) is 19.8 Å². The van der Waals surface area contributed by atoms with Crippen LogP contribution < -0.4 is 0 Å². The van der Waals surface area contributed by atoms with Gasteiger partial charge in [0.2, 0.25) is 0 Å². The van der Waals surface area contributed by atoms with Crippen molar-refractivity contribution in [2.45, 2.75) is 38.1 Å². The molecule has 0 spiro atoms. The zero-order chi connectivity index (χ0) is 11.4. The number of hydrogen-bond donors (Lipinski definition) is 0. The Kier molecular flexibility index (Phi) is 5.24. The molecule has 1 aliphatic rings. The lowest BCUT2D eigenvalue weighted by Crippen LogP contribution is -2.46. The summed E-state index contributed by atoms with van der Waals surface area (Å²) in [6.07, 6.45) is 1.28. The molecule has 0 heterocycles. The summed E-state index contributed by atoms with van der Waals surface area (Å²) < 4.78 is 15.9. The van der Waals surface area contributed by atoms with E-state index >= 15 is 0 Å². The number of ether oxygens (including phenoxy) is 2. The highest BCUT2D eigenvalue weighted by Crippen LogP contribution is 2.30.